The molecule has 23 heavy (non-hydrogen) atoms. The maximum Gasteiger partial charge on any atom is 0.130 e. The number of nitrogens with one attached hydrogen (secondary N) is 2. The summed E-state index contributed by atoms with van der Waals surface area (Å²) in [6, 6.07) is 9.86. The lowest BCUT2D eigenvalue weighted by molar-refractivity contribution is 0.631. The highest BCUT2D eigenvalue weighted by Gasteiger charge is 2.20. The van der Waals surface area contributed by atoms with Crippen molar-refractivity contribution in [1.29, 1.82) is 0 Å². The van der Waals surface area contributed by atoms with Crippen molar-refractivity contribution < 1.29 is 0 Å². The Morgan fingerprint density at radius 2 is 2.09 bits per heavy atom. The minimum absolute atomic E-state index is 0.468. The van der Waals surface area contributed by atoms with Gasteiger partial charge in [-0.15, -0.1) is 0 Å². The van der Waals surface area contributed by atoms with E-state index in [2.05, 4.69) is 35.5 Å². The lowest BCUT2D eigenvalue weighted by atomic mass is 9.99. The Morgan fingerprint density at radius 3 is 2.78 bits per heavy atom. The van der Waals surface area contributed by atoms with Crippen LogP contribution in [0.15, 0.2) is 36.5 Å². The first-order valence-electron chi connectivity index (χ1n) is 8.34. The molecule has 3 rings (SSSR count). The summed E-state index contributed by atoms with van der Waals surface area (Å²) in [4.78, 5) is 4.57. The van der Waals surface area contributed by atoms with E-state index in [1.165, 1.54) is 24.0 Å². The van der Waals surface area contributed by atoms with Gasteiger partial charge in [0, 0.05) is 23.5 Å². The van der Waals surface area contributed by atoms with Crippen LogP contribution >= 0.6 is 11.6 Å². The van der Waals surface area contributed by atoms with Crippen LogP contribution in [0.25, 0.3) is 0 Å². The van der Waals surface area contributed by atoms with Crippen LogP contribution in [0.1, 0.15) is 43.7 Å². The minimum atomic E-state index is 0.468. The van der Waals surface area contributed by atoms with Gasteiger partial charge in [0.2, 0.25) is 0 Å². The Bertz CT molecular complexity index is 665. The van der Waals surface area contributed by atoms with Crippen molar-refractivity contribution in [2.45, 2.75) is 39.2 Å². The molecule has 1 saturated carbocycles. The molecule has 0 spiro atoms. The number of pyridine rings is 1. The molecule has 1 fully saturated rings. The van der Waals surface area contributed by atoms with E-state index < -0.39 is 0 Å². The van der Waals surface area contributed by atoms with Gasteiger partial charge in [0.1, 0.15) is 5.82 Å². The molecule has 0 unspecified atom stereocenters. The van der Waals surface area contributed by atoms with Crippen LogP contribution in [-0.4, -0.2) is 11.5 Å². The standard InChI is InChI=1S/C19H24ClN3/c1-13(2)18-9-19(23-17-5-3-4-16(20)8-17)22-12-15(18)11-21-10-14-6-7-14/h3-5,8-9,12-14,21H,6-7,10-11H2,1-2H3,(H,22,23). The van der Waals surface area contributed by atoms with Gasteiger partial charge < -0.3 is 10.6 Å². The summed E-state index contributed by atoms with van der Waals surface area (Å²) in [6.07, 6.45) is 4.75. The highest BCUT2D eigenvalue weighted by Crippen LogP contribution is 2.28. The fourth-order valence-electron chi connectivity index (χ4n) is 2.70. The zero-order chi connectivity index (χ0) is 16.2. The third-order valence-electron chi connectivity index (χ3n) is 4.19. The molecule has 2 N–H and O–H groups in total. The summed E-state index contributed by atoms with van der Waals surface area (Å²) in [7, 11) is 0. The van der Waals surface area contributed by atoms with E-state index >= 15 is 0 Å². The van der Waals surface area contributed by atoms with E-state index in [-0.39, 0.29) is 0 Å². The van der Waals surface area contributed by atoms with E-state index in [4.69, 9.17) is 11.6 Å². The van der Waals surface area contributed by atoms with Crippen LogP contribution in [0, 0.1) is 5.92 Å². The Balaban J connectivity index is 1.72. The Morgan fingerprint density at radius 1 is 1.26 bits per heavy atom. The highest BCUT2D eigenvalue weighted by atomic mass is 35.5. The van der Waals surface area contributed by atoms with Crippen molar-refractivity contribution in [1.82, 2.24) is 10.3 Å². The zero-order valence-corrected chi connectivity index (χ0v) is 14.5. The van der Waals surface area contributed by atoms with Gasteiger partial charge in [0.15, 0.2) is 0 Å². The first-order chi connectivity index (χ1) is 11.1. The van der Waals surface area contributed by atoms with E-state index in [0.29, 0.717) is 5.92 Å². The quantitative estimate of drug-likeness (QED) is 0.741. The summed E-state index contributed by atoms with van der Waals surface area (Å²) in [5.74, 6) is 2.23. The number of hydrogen-bond donors (Lipinski definition) is 2. The molecule has 2 aromatic rings. The second-order valence-corrected chi connectivity index (χ2v) is 7.07. The van der Waals surface area contributed by atoms with Crippen molar-refractivity contribution in [2.75, 3.05) is 11.9 Å². The Labute approximate surface area is 143 Å². The van der Waals surface area contributed by atoms with Gasteiger partial charge in [0.25, 0.3) is 0 Å². The molecule has 0 saturated heterocycles. The molecule has 122 valence electrons. The molecule has 3 nitrogen and oxygen atoms in total. The van der Waals surface area contributed by atoms with Crippen molar-refractivity contribution in [2.24, 2.45) is 5.92 Å². The van der Waals surface area contributed by atoms with Gasteiger partial charge in [-0.05, 0) is 66.6 Å². The number of hydrogen-bond acceptors (Lipinski definition) is 3. The normalized spacial score (nSPS) is 14.3. The van der Waals surface area contributed by atoms with Crippen molar-refractivity contribution in [3.05, 3.63) is 52.7 Å². The fraction of sp³-hybridized carbons (Fsp3) is 0.421. The maximum absolute atomic E-state index is 6.04. The highest BCUT2D eigenvalue weighted by molar-refractivity contribution is 6.30. The third-order valence-corrected chi connectivity index (χ3v) is 4.42. The molecule has 4 heteroatoms. The fourth-order valence-corrected chi connectivity index (χ4v) is 2.89. The molecule has 0 amide bonds. The summed E-state index contributed by atoms with van der Waals surface area (Å²) >= 11 is 6.04. The van der Waals surface area contributed by atoms with E-state index in [9.17, 15) is 0 Å². The third kappa shape index (κ3) is 4.69. The topological polar surface area (TPSA) is 37.0 Å². The molecule has 1 aliphatic carbocycles. The van der Waals surface area contributed by atoms with Crippen molar-refractivity contribution >= 4 is 23.1 Å². The SMILES string of the molecule is CC(C)c1cc(Nc2cccc(Cl)c2)ncc1CNCC1CC1. The number of rotatable bonds is 7. The van der Waals surface area contributed by atoms with E-state index in [1.54, 1.807) is 0 Å². The number of benzene rings is 1. The van der Waals surface area contributed by atoms with Gasteiger partial charge in [-0.25, -0.2) is 4.98 Å². The van der Waals surface area contributed by atoms with Crippen LogP contribution in [0.2, 0.25) is 5.02 Å². The summed E-state index contributed by atoms with van der Waals surface area (Å²) in [5, 5.41) is 7.62. The number of nitrogens with zero attached hydrogens (tertiary/aromatic N) is 1. The van der Waals surface area contributed by atoms with Gasteiger partial charge in [-0.3, -0.25) is 0 Å². The second kappa shape index (κ2) is 7.33. The molecule has 1 heterocycles. The predicted molar refractivity (Wildman–Crippen MR) is 97.5 cm³/mol. The Kier molecular flexibility index (Phi) is 5.19. The van der Waals surface area contributed by atoms with E-state index in [1.807, 2.05) is 30.5 Å². The molecule has 0 radical (unpaired) electrons. The number of aromatic nitrogens is 1. The molecule has 1 aliphatic rings. The summed E-state index contributed by atoms with van der Waals surface area (Å²) in [5.41, 5.74) is 3.59. The Hall–Kier alpha value is -1.58. The van der Waals surface area contributed by atoms with E-state index in [0.717, 1.165) is 35.5 Å². The molecule has 1 aromatic heterocycles. The summed E-state index contributed by atoms with van der Waals surface area (Å²) in [6.45, 7) is 6.47. The average Bonchev–Trinajstić information content (AvgIpc) is 3.32. The second-order valence-electron chi connectivity index (χ2n) is 6.63. The molecular weight excluding hydrogens is 306 g/mol. The molecular formula is C19H24ClN3. The van der Waals surface area contributed by atoms with Crippen LogP contribution in [-0.2, 0) is 6.54 Å². The monoisotopic (exact) mass is 329 g/mol. The van der Waals surface area contributed by atoms with Crippen LogP contribution < -0.4 is 10.6 Å². The lowest BCUT2D eigenvalue weighted by Crippen LogP contribution is -2.17. The van der Waals surface area contributed by atoms with Gasteiger partial charge in [0.05, 0.1) is 0 Å². The average molecular weight is 330 g/mol. The maximum atomic E-state index is 6.04. The predicted octanol–water partition coefficient (Wildman–Crippen LogP) is 5.10. The van der Waals surface area contributed by atoms with Crippen molar-refractivity contribution in [3.8, 4) is 0 Å². The zero-order valence-electron chi connectivity index (χ0n) is 13.8. The van der Waals surface area contributed by atoms with Gasteiger partial charge in [-0.1, -0.05) is 31.5 Å². The van der Waals surface area contributed by atoms with Gasteiger partial charge in [-0.2, -0.15) is 0 Å². The van der Waals surface area contributed by atoms with Gasteiger partial charge >= 0.3 is 0 Å². The van der Waals surface area contributed by atoms with Crippen molar-refractivity contribution in [3.63, 3.8) is 0 Å². The largest absolute Gasteiger partial charge is 0.340 e. The molecule has 0 aliphatic heterocycles. The first kappa shape index (κ1) is 16.3. The van der Waals surface area contributed by atoms with Crippen LogP contribution in [0.3, 0.4) is 0 Å². The lowest BCUT2D eigenvalue weighted by Gasteiger charge is -2.15. The van der Waals surface area contributed by atoms with Crippen LogP contribution in [0.5, 0.6) is 0 Å². The first-order valence-corrected chi connectivity index (χ1v) is 8.71. The molecule has 1 aromatic carbocycles. The summed E-state index contributed by atoms with van der Waals surface area (Å²) < 4.78 is 0. The van der Waals surface area contributed by atoms with Crippen LogP contribution in [0.4, 0.5) is 11.5 Å². The minimum Gasteiger partial charge on any atom is -0.340 e. The number of anilines is 2. The smallest absolute Gasteiger partial charge is 0.130 e. The number of halogens is 1. The molecule has 0 atom stereocenters. The molecule has 0 bridgehead atoms.